The van der Waals surface area contributed by atoms with E-state index < -0.39 is 0 Å². The Hall–Kier alpha value is -2.40. The predicted molar refractivity (Wildman–Crippen MR) is 113 cm³/mol. The highest BCUT2D eigenvalue weighted by Crippen LogP contribution is 2.15. The molecule has 0 aromatic heterocycles. The summed E-state index contributed by atoms with van der Waals surface area (Å²) in [7, 11) is 2.10. The third-order valence-electron chi connectivity index (χ3n) is 3.92. The van der Waals surface area contributed by atoms with Crippen molar-refractivity contribution in [1.29, 1.82) is 0 Å². The molecule has 0 fully saturated rings. The van der Waals surface area contributed by atoms with Gasteiger partial charge in [0.2, 0.25) is 0 Å². The van der Waals surface area contributed by atoms with Crippen LogP contribution in [0.2, 0.25) is 0 Å². The van der Waals surface area contributed by atoms with E-state index in [9.17, 15) is 0 Å². The molecule has 0 unspecified atom stereocenters. The van der Waals surface area contributed by atoms with Crippen molar-refractivity contribution in [2.75, 3.05) is 23.8 Å². The minimum Gasteiger partial charge on any atom is -0.375 e. The fourth-order valence-corrected chi connectivity index (χ4v) is 2.71. The van der Waals surface area contributed by atoms with E-state index in [4.69, 9.17) is 12.2 Å². The van der Waals surface area contributed by atoms with Gasteiger partial charge >= 0.3 is 0 Å². The monoisotopic (exact) mass is 354 g/mol. The summed E-state index contributed by atoms with van der Waals surface area (Å²) in [5.74, 6) is 0. The Labute approximate surface area is 155 Å². The van der Waals surface area contributed by atoms with Crippen LogP contribution in [0.25, 0.3) is 0 Å². The molecule has 0 aliphatic rings. The number of hydrazone groups is 1. The fourth-order valence-electron chi connectivity index (χ4n) is 2.55. The van der Waals surface area contributed by atoms with Gasteiger partial charge in [-0.3, -0.25) is 5.43 Å². The molecule has 0 atom stereocenters. The third kappa shape index (κ3) is 5.87. The zero-order valence-electron chi connectivity index (χ0n) is 15.1. The molecule has 2 rings (SSSR count). The third-order valence-corrected chi connectivity index (χ3v) is 4.11. The summed E-state index contributed by atoms with van der Waals surface area (Å²) in [6.45, 7) is 5.35. The lowest BCUT2D eigenvalue weighted by molar-refractivity contribution is 0.852. The Morgan fingerprint density at radius 1 is 1.12 bits per heavy atom. The number of hydrogen-bond acceptors (Lipinski definition) is 3. The van der Waals surface area contributed by atoms with Crippen LogP contribution in [0.15, 0.2) is 53.6 Å². The van der Waals surface area contributed by atoms with Gasteiger partial charge in [-0.1, -0.05) is 44.2 Å². The average molecular weight is 355 g/mol. The van der Waals surface area contributed by atoms with Gasteiger partial charge in [0.05, 0.1) is 6.21 Å². The molecule has 0 radical (unpaired) electrons. The van der Waals surface area contributed by atoms with Crippen LogP contribution in [0.1, 0.15) is 31.4 Å². The standard InChI is InChI=1S/C20H26N4S/c1-4-14-24(3)18-12-10-16(11-13-18)15-21-23-20(25)22-19-9-7-6-8-17(19)5-2/h6-13,15H,4-5,14H2,1-3H3,(H2,22,23,25)/b21-15+. The highest BCUT2D eigenvalue weighted by Gasteiger charge is 2.01. The Kier molecular flexibility index (Phi) is 7.41. The highest BCUT2D eigenvalue weighted by atomic mass is 32.1. The molecule has 5 heteroatoms. The van der Waals surface area contributed by atoms with E-state index >= 15 is 0 Å². The molecule has 2 N–H and O–H groups in total. The zero-order valence-corrected chi connectivity index (χ0v) is 15.9. The number of nitrogens with zero attached hydrogens (tertiary/aromatic N) is 2. The molecular weight excluding hydrogens is 328 g/mol. The van der Waals surface area contributed by atoms with Gasteiger partial charge in [0.15, 0.2) is 5.11 Å². The van der Waals surface area contributed by atoms with Crippen molar-refractivity contribution in [3.05, 3.63) is 59.7 Å². The maximum absolute atomic E-state index is 5.30. The van der Waals surface area contributed by atoms with Crippen LogP contribution >= 0.6 is 12.2 Å². The number of nitrogens with one attached hydrogen (secondary N) is 2. The van der Waals surface area contributed by atoms with E-state index in [0.717, 1.165) is 30.6 Å². The Morgan fingerprint density at radius 3 is 2.52 bits per heavy atom. The van der Waals surface area contributed by atoms with Crippen molar-refractivity contribution in [3.8, 4) is 0 Å². The summed E-state index contributed by atoms with van der Waals surface area (Å²) in [6.07, 6.45) is 3.85. The molecule has 0 spiro atoms. The number of benzene rings is 2. The van der Waals surface area contributed by atoms with E-state index in [2.05, 4.69) is 72.0 Å². The zero-order chi connectivity index (χ0) is 18.1. The Morgan fingerprint density at radius 2 is 1.84 bits per heavy atom. The molecule has 2 aromatic rings. The summed E-state index contributed by atoms with van der Waals surface area (Å²) in [5.41, 5.74) is 7.34. The van der Waals surface area contributed by atoms with Crippen LogP contribution in [0.3, 0.4) is 0 Å². The SMILES string of the molecule is CCCN(C)c1ccc(/C=N/NC(=S)Nc2ccccc2CC)cc1. The lowest BCUT2D eigenvalue weighted by Gasteiger charge is -2.18. The predicted octanol–water partition coefficient (Wildman–Crippen LogP) is 4.42. The molecule has 25 heavy (non-hydrogen) atoms. The van der Waals surface area contributed by atoms with Gasteiger partial charge in [-0.05, 0) is 54.4 Å². The number of thiocarbonyl (C=S) groups is 1. The minimum atomic E-state index is 0.483. The van der Waals surface area contributed by atoms with Gasteiger partial charge in [-0.15, -0.1) is 0 Å². The fraction of sp³-hybridized carbons (Fsp3) is 0.300. The van der Waals surface area contributed by atoms with Crippen molar-refractivity contribution >= 4 is 34.9 Å². The van der Waals surface area contributed by atoms with Crippen LogP contribution in [0.4, 0.5) is 11.4 Å². The highest BCUT2D eigenvalue weighted by molar-refractivity contribution is 7.80. The van der Waals surface area contributed by atoms with Gasteiger partial charge < -0.3 is 10.2 Å². The molecule has 0 heterocycles. The van der Waals surface area contributed by atoms with Gasteiger partial charge in [0, 0.05) is 25.0 Å². The Balaban J connectivity index is 1.88. The largest absolute Gasteiger partial charge is 0.375 e. The first-order chi connectivity index (χ1) is 12.1. The van der Waals surface area contributed by atoms with Crippen LogP contribution in [-0.2, 0) is 6.42 Å². The molecule has 132 valence electrons. The second-order valence-corrected chi connectivity index (χ2v) is 6.26. The maximum Gasteiger partial charge on any atom is 0.191 e. The summed E-state index contributed by atoms with van der Waals surface area (Å²) in [5, 5.41) is 7.88. The molecule has 4 nitrogen and oxygen atoms in total. The van der Waals surface area contributed by atoms with E-state index in [1.807, 2.05) is 18.2 Å². The van der Waals surface area contributed by atoms with Crippen molar-refractivity contribution in [2.45, 2.75) is 26.7 Å². The summed E-state index contributed by atoms with van der Waals surface area (Å²) in [6, 6.07) is 16.4. The molecule has 0 bridgehead atoms. The lowest BCUT2D eigenvalue weighted by atomic mass is 10.1. The first kappa shape index (κ1) is 18.9. The number of para-hydroxylation sites is 1. The van der Waals surface area contributed by atoms with Crippen LogP contribution in [-0.4, -0.2) is 24.9 Å². The van der Waals surface area contributed by atoms with Gasteiger partial charge in [-0.2, -0.15) is 5.10 Å². The quantitative estimate of drug-likeness (QED) is 0.439. The van der Waals surface area contributed by atoms with Gasteiger partial charge in [0.25, 0.3) is 0 Å². The molecular formula is C20H26N4S. The van der Waals surface area contributed by atoms with Crippen LogP contribution < -0.4 is 15.6 Å². The van der Waals surface area contributed by atoms with E-state index in [1.165, 1.54) is 11.3 Å². The van der Waals surface area contributed by atoms with Gasteiger partial charge in [-0.25, -0.2) is 0 Å². The van der Waals surface area contributed by atoms with E-state index in [-0.39, 0.29) is 0 Å². The Bertz CT molecular complexity index is 710. The molecule has 0 aliphatic heterocycles. The summed E-state index contributed by atoms with van der Waals surface area (Å²) in [4.78, 5) is 2.24. The molecule has 0 saturated carbocycles. The molecule has 0 aliphatic carbocycles. The average Bonchev–Trinajstić information content (AvgIpc) is 2.63. The molecule has 2 aromatic carbocycles. The van der Waals surface area contributed by atoms with E-state index in [1.54, 1.807) is 6.21 Å². The van der Waals surface area contributed by atoms with Crippen LogP contribution in [0.5, 0.6) is 0 Å². The number of aryl methyl sites for hydroxylation is 1. The smallest absolute Gasteiger partial charge is 0.191 e. The summed E-state index contributed by atoms with van der Waals surface area (Å²) < 4.78 is 0. The van der Waals surface area contributed by atoms with Gasteiger partial charge in [0.1, 0.15) is 0 Å². The summed E-state index contributed by atoms with van der Waals surface area (Å²) >= 11 is 5.30. The normalized spacial score (nSPS) is 10.7. The van der Waals surface area contributed by atoms with E-state index in [0.29, 0.717) is 5.11 Å². The van der Waals surface area contributed by atoms with Crippen molar-refractivity contribution in [3.63, 3.8) is 0 Å². The number of hydrogen-bond donors (Lipinski definition) is 2. The molecule has 0 saturated heterocycles. The van der Waals surface area contributed by atoms with Crippen molar-refractivity contribution in [1.82, 2.24) is 5.43 Å². The number of anilines is 2. The number of rotatable bonds is 7. The first-order valence-electron chi connectivity index (χ1n) is 8.63. The second kappa shape index (κ2) is 9.79. The first-order valence-corrected chi connectivity index (χ1v) is 9.04. The second-order valence-electron chi connectivity index (χ2n) is 5.85. The molecule has 0 amide bonds. The minimum absolute atomic E-state index is 0.483. The van der Waals surface area contributed by atoms with Crippen LogP contribution in [0, 0.1) is 0 Å². The van der Waals surface area contributed by atoms with Crippen molar-refractivity contribution < 1.29 is 0 Å². The lowest BCUT2D eigenvalue weighted by Crippen LogP contribution is -2.24. The van der Waals surface area contributed by atoms with Crippen molar-refractivity contribution in [2.24, 2.45) is 5.10 Å². The topological polar surface area (TPSA) is 39.7 Å². The maximum atomic E-state index is 5.30.